The second-order valence-electron chi connectivity index (χ2n) is 6.84. The molecule has 0 spiro atoms. The van der Waals surface area contributed by atoms with Gasteiger partial charge in [-0.25, -0.2) is 0 Å². The molecule has 2 fully saturated rings. The number of carbonyl (C=O) groups excluding carboxylic acids is 1. The van der Waals surface area contributed by atoms with Crippen LogP contribution in [0, 0.1) is 11.8 Å². The highest BCUT2D eigenvalue weighted by Crippen LogP contribution is 2.28. The fourth-order valence-electron chi connectivity index (χ4n) is 2.78. The maximum atomic E-state index is 12.2. The first-order chi connectivity index (χ1) is 10.6. The molecule has 1 saturated heterocycles. The highest BCUT2D eigenvalue weighted by atomic mass is 16.2. The maximum absolute atomic E-state index is 12.2. The lowest BCUT2D eigenvalue weighted by atomic mass is 9.84. The van der Waals surface area contributed by atoms with Gasteiger partial charge in [0.2, 0.25) is 5.91 Å². The van der Waals surface area contributed by atoms with Crippen molar-refractivity contribution in [1.29, 1.82) is 0 Å². The Labute approximate surface area is 134 Å². The quantitative estimate of drug-likeness (QED) is 0.553. The van der Waals surface area contributed by atoms with Crippen LogP contribution < -0.4 is 11.1 Å². The number of piperazine rings is 1. The Kier molecular flexibility index (Phi) is 6.49. The van der Waals surface area contributed by atoms with Crippen LogP contribution in [0.3, 0.4) is 0 Å². The molecule has 22 heavy (non-hydrogen) atoms. The summed E-state index contributed by atoms with van der Waals surface area (Å²) in [6.07, 6.45) is 3.41. The van der Waals surface area contributed by atoms with Crippen molar-refractivity contribution in [3.8, 4) is 0 Å². The summed E-state index contributed by atoms with van der Waals surface area (Å²) in [7, 11) is 0. The van der Waals surface area contributed by atoms with Crippen LogP contribution in [-0.4, -0.2) is 67.5 Å². The van der Waals surface area contributed by atoms with Crippen LogP contribution in [0.25, 0.3) is 0 Å². The molecule has 0 atom stereocenters. The van der Waals surface area contributed by atoms with Crippen molar-refractivity contribution in [2.24, 2.45) is 22.6 Å². The largest absolute Gasteiger partial charge is 0.370 e. The van der Waals surface area contributed by atoms with Gasteiger partial charge in [0, 0.05) is 51.7 Å². The highest BCUT2D eigenvalue weighted by Gasteiger charge is 2.30. The summed E-state index contributed by atoms with van der Waals surface area (Å²) in [5.41, 5.74) is 5.82. The number of guanidine groups is 1. The predicted molar refractivity (Wildman–Crippen MR) is 89.7 cm³/mol. The molecule has 1 amide bonds. The summed E-state index contributed by atoms with van der Waals surface area (Å²) in [5, 5.41) is 3.16. The molecule has 2 rings (SSSR count). The molecule has 3 N–H and O–H groups in total. The van der Waals surface area contributed by atoms with Crippen LogP contribution in [0.15, 0.2) is 4.99 Å². The summed E-state index contributed by atoms with van der Waals surface area (Å²) in [4.78, 5) is 20.9. The number of nitrogens with zero attached hydrogens (tertiary/aromatic N) is 3. The standard InChI is InChI=1S/C16H31N5O/c1-13(2)12-19-16(17)18-6-7-20-8-10-21(11-9-20)15(22)14-4-3-5-14/h13-14H,3-12H2,1-2H3,(H3,17,18,19). The third-order valence-corrected chi connectivity index (χ3v) is 4.50. The van der Waals surface area contributed by atoms with Gasteiger partial charge in [-0.2, -0.15) is 0 Å². The van der Waals surface area contributed by atoms with E-state index in [9.17, 15) is 4.79 Å². The van der Waals surface area contributed by atoms with E-state index in [2.05, 4.69) is 29.1 Å². The van der Waals surface area contributed by atoms with Crippen LogP contribution >= 0.6 is 0 Å². The molecular weight excluding hydrogens is 278 g/mol. The lowest BCUT2D eigenvalue weighted by Crippen LogP contribution is -2.52. The van der Waals surface area contributed by atoms with Crippen molar-refractivity contribution < 1.29 is 4.79 Å². The SMILES string of the molecule is CC(C)CN=C(N)NCCN1CCN(C(=O)C2CCC2)CC1. The topological polar surface area (TPSA) is 74.0 Å². The van der Waals surface area contributed by atoms with E-state index in [1.54, 1.807) is 0 Å². The smallest absolute Gasteiger partial charge is 0.225 e. The van der Waals surface area contributed by atoms with Gasteiger partial charge in [0.05, 0.1) is 0 Å². The Morgan fingerprint density at radius 1 is 1.27 bits per heavy atom. The molecule has 0 bridgehead atoms. The third-order valence-electron chi connectivity index (χ3n) is 4.50. The van der Waals surface area contributed by atoms with Gasteiger partial charge in [-0.15, -0.1) is 0 Å². The molecule has 0 aromatic heterocycles. The second kappa shape index (κ2) is 8.36. The molecule has 6 nitrogen and oxygen atoms in total. The van der Waals surface area contributed by atoms with Gasteiger partial charge in [-0.3, -0.25) is 14.7 Å². The molecule has 1 aliphatic heterocycles. The zero-order valence-corrected chi connectivity index (χ0v) is 14.1. The average molecular weight is 309 g/mol. The Hall–Kier alpha value is -1.30. The highest BCUT2D eigenvalue weighted by molar-refractivity contribution is 5.79. The van der Waals surface area contributed by atoms with Crippen LogP contribution in [0.4, 0.5) is 0 Å². The van der Waals surface area contributed by atoms with Crippen LogP contribution in [-0.2, 0) is 4.79 Å². The lowest BCUT2D eigenvalue weighted by Gasteiger charge is -2.38. The summed E-state index contributed by atoms with van der Waals surface area (Å²) in [5.74, 6) is 1.77. The zero-order valence-electron chi connectivity index (χ0n) is 14.1. The second-order valence-corrected chi connectivity index (χ2v) is 6.84. The summed E-state index contributed by atoms with van der Waals surface area (Å²) in [6, 6.07) is 0. The van der Waals surface area contributed by atoms with Gasteiger partial charge >= 0.3 is 0 Å². The molecule has 126 valence electrons. The van der Waals surface area contributed by atoms with E-state index in [1.807, 2.05) is 4.90 Å². The monoisotopic (exact) mass is 309 g/mol. The van der Waals surface area contributed by atoms with Crippen molar-refractivity contribution in [1.82, 2.24) is 15.1 Å². The van der Waals surface area contributed by atoms with Crippen molar-refractivity contribution in [3.05, 3.63) is 0 Å². The van der Waals surface area contributed by atoms with Crippen LogP contribution in [0.1, 0.15) is 33.1 Å². The summed E-state index contributed by atoms with van der Waals surface area (Å²) in [6.45, 7) is 10.4. The van der Waals surface area contributed by atoms with Crippen molar-refractivity contribution >= 4 is 11.9 Å². The van der Waals surface area contributed by atoms with Crippen LogP contribution in [0.5, 0.6) is 0 Å². The van der Waals surface area contributed by atoms with Gasteiger partial charge in [0.25, 0.3) is 0 Å². The zero-order chi connectivity index (χ0) is 15.9. The van der Waals surface area contributed by atoms with Gasteiger partial charge in [-0.1, -0.05) is 20.3 Å². The molecule has 0 aromatic rings. The third kappa shape index (κ3) is 5.16. The van der Waals surface area contributed by atoms with Crippen molar-refractivity contribution in [3.63, 3.8) is 0 Å². The molecular formula is C16H31N5O. The normalized spacial score (nSPS) is 21.0. The van der Waals surface area contributed by atoms with Crippen molar-refractivity contribution in [2.45, 2.75) is 33.1 Å². The number of hydrogen-bond donors (Lipinski definition) is 2. The van der Waals surface area contributed by atoms with Gasteiger partial charge in [-0.05, 0) is 18.8 Å². The Bertz CT molecular complexity index is 384. The number of nitrogens with one attached hydrogen (secondary N) is 1. The molecule has 0 unspecified atom stereocenters. The van der Waals surface area contributed by atoms with E-state index in [0.29, 0.717) is 23.7 Å². The first-order valence-electron chi connectivity index (χ1n) is 8.61. The summed E-state index contributed by atoms with van der Waals surface area (Å²) >= 11 is 0. The number of aliphatic imine (C=N–C) groups is 1. The van der Waals surface area contributed by atoms with Gasteiger partial charge < -0.3 is 16.0 Å². The predicted octanol–water partition coefficient (Wildman–Crippen LogP) is 0.491. The van der Waals surface area contributed by atoms with Crippen LogP contribution in [0.2, 0.25) is 0 Å². The lowest BCUT2D eigenvalue weighted by molar-refractivity contribution is -0.139. The first-order valence-corrected chi connectivity index (χ1v) is 8.61. The maximum Gasteiger partial charge on any atom is 0.225 e. The molecule has 2 aliphatic rings. The molecule has 6 heteroatoms. The van der Waals surface area contributed by atoms with E-state index in [0.717, 1.165) is 58.7 Å². The molecule has 0 aromatic carbocycles. The fourth-order valence-corrected chi connectivity index (χ4v) is 2.78. The van der Waals surface area contributed by atoms with E-state index >= 15 is 0 Å². The minimum absolute atomic E-state index is 0.324. The van der Waals surface area contributed by atoms with E-state index in [-0.39, 0.29) is 0 Å². The first kappa shape index (κ1) is 17.1. The molecule has 0 radical (unpaired) electrons. The molecule has 1 saturated carbocycles. The van der Waals surface area contributed by atoms with E-state index in [4.69, 9.17) is 5.73 Å². The molecule has 1 aliphatic carbocycles. The summed E-state index contributed by atoms with van der Waals surface area (Å²) < 4.78 is 0. The molecule has 1 heterocycles. The minimum Gasteiger partial charge on any atom is -0.370 e. The number of rotatable bonds is 6. The Balaban J connectivity index is 1.59. The van der Waals surface area contributed by atoms with Gasteiger partial charge in [0.15, 0.2) is 5.96 Å². The number of hydrogen-bond acceptors (Lipinski definition) is 3. The Morgan fingerprint density at radius 3 is 2.50 bits per heavy atom. The van der Waals surface area contributed by atoms with Crippen molar-refractivity contribution in [2.75, 3.05) is 45.8 Å². The fraction of sp³-hybridized carbons (Fsp3) is 0.875. The van der Waals surface area contributed by atoms with E-state index < -0.39 is 0 Å². The average Bonchev–Trinajstić information content (AvgIpc) is 2.44. The number of amides is 1. The van der Waals surface area contributed by atoms with E-state index in [1.165, 1.54) is 6.42 Å². The Morgan fingerprint density at radius 2 is 1.95 bits per heavy atom. The number of nitrogens with two attached hydrogens (primary N) is 1. The van der Waals surface area contributed by atoms with Gasteiger partial charge in [0.1, 0.15) is 0 Å². The number of carbonyl (C=O) groups is 1. The minimum atomic E-state index is 0.324.